The Labute approximate surface area is 112 Å². The van der Waals surface area contributed by atoms with Crippen LogP contribution in [0.1, 0.15) is 19.0 Å². The molecule has 1 aromatic heterocycles. The van der Waals surface area contributed by atoms with E-state index in [0.29, 0.717) is 4.64 Å². The molecule has 3 nitrogen and oxygen atoms in total. The van der Waals surface area contributed by atoms with Gasteiger partial charge in [0.15, 0.2) is 0 Å². The maximum absolute atomic E-state index is 5.22. The van der Waals surface area contributed by atoms with Gasteiger partial charge in [0, 0.05) is 11.3 Å². The first-order chi connectivity index (χ1) is 8.72. The number of nitrogens with one attached hydrogen (secondary N) is 1. The van der Waals surface area contributed by atoms with Crippen LogP contribution in [0.25, 0.3) is 11.4 Å². The van der Waals surface area contributed by atoms with E-state index in [1.165, 1.54) is 0 Å². The van der Waals surface area contributed by atoms with Gasteiger partial charge < -0.3 is 9.72 Å². The normalized spacial score (nSPS) is 10.3. The van der Waals surface area contributed by atoms with Crippen molar-refractivity contribution in [1.29, 1.82) is 0 Å². The highest BCUT2D eigenvalue weighted by Gasteiger charge is 2.03. The van der Waals surface area contributed by atoms with Crippen molar-refractivity contribution in [2.24, 2.45) is 0 Å². The third kappa shape index (κ3) is 2.96. The van der Waals surface area contributed by atoms with Crippen molar-refractivity contribution < 1.29 is 4.74 Å². The molecule has 0 amide bonds. The Balaban J connectivity index is 2.45. The third-order valence-electron chi connectivity index (χ3n) is 2.66. The highest BCUT2D eigenvalue weighted by atomic mass is 32.1. The summed E-state index contributed by atoms with van der Waals surface area (Å²) in [6.45, 7) is 2.14. The van der Waals surface area contributed by atoms with Crippen LogP contribution in [0.3, 0.4) is 0 Å². The standard InChI is InChI=1S/C14H16N2OS/c1-3-5-11-9-13(18)16-14(15-11)10-6-4-7-12(8-10)17-2/h4,6-9H,3,5H2,1-2H3,(H,15,16,18). The Bertz CT molecular complexity index is 592. The number of nitrogens with zero attached hydrogens (tertiary/aromatic N) is 1. The third-order valence-corrected chi connectivity index (χ3v) is 2.87. The van der Waals surface area contributed by atoms with Crippen molar-refractivity contribution in [3.8, 4) is 17.1 Å². The second kappa shape index (κ2) is 5.78. The first kappa shape index (κ1) is 12.8. The van der Waals surface area contributed by atoms with Crippen LogP contribution < -0.4 is 4.74 Å². The molecule has 0 aliphatic heterocycles. The number of H-pyrrole nitrogens is 1. The van der Waals surface area contributed by atoms with Gasteiger partial charge in [-0.1, -0.05) is 37.7 Å². The molecular weight excluding hydrogens is 244 g/mol. The molecule has 18 heavy (non-hydrogen) atoms. The molecule has 2 aromatic rings. The smallest absolute Gasteiger partial charge is 0.139 e. The monoisotopic (exact) mass is 260 g/mol. The predicted molar refractivity (Wildman–Crippen MR) is 75.4 cm³/mol. The van der Waals surface area contributed by atoms with E-state index >= 15 is 0 Å². The number of rotatable bonds is 4. The number of aryl methyl sites for hydroxylation is 1. The molecule has 0 radical (unpaired) electrons. The Morgan fingerprint density at radius 3 is 2.89 bits per heavy atom. The summed E-state index contributed by atoms with van der Waals surface area (Å²) in [4.78, 5) is 7.69. The van der Waals surface area contributed by atoms with Crippen LogP contribution in [0.4, 0.5) is 0 Å². The van der Waals surface area contributed by atoms with E-state index in [2.05, 4.69) is 16.9 Å². The number of aromatic amines is 1. The molecule has 0 saturated heterocycles. The van der Waals surface area contributed by atoms with Crippen LogP contribution >= 0.6 is 12.2 Å². The second-order valence-corrected chi connectivity index (χ2v) is 4.49. The highest BCUT2D eigenvalue weighted by molar-refractivity contribution is 7.71. The van der Waals surface area contributed by atoms with Crippen LogP contribution in [0.5, 0.6) is 5.75 Å². The number of benzene rings is 1. The Hall–Kier alpha value is -1.68. The number of methoxy groups -OCH3 is 1. The SMILES string of the molecule is CCCc1cc(=S)nc(-c2cccc(OC)c2)[nH]1. The summed E-state index contributed by atoms with van der Waals surface area (Å²) in [6, 6.07) is 9.71. The van der Waals surface area contributed by atoms with Gasteiger partial charge in [0.05, 0.1) is 7.11 Å². The van der Waals surface area contributed by atoms with Crippen molar-refractivity contribution in [3.05, 3.63) is 40.7 Å². The minimum Gasteiger partial charge on any atom is -0.497 e. The topological polar surface area (TPSA) is 37.9 Å². The fraction of sp³-hybridized carbons (Fsp3) is 0.286. The number of aromatic nitrogens is 2. The molecule has 4 heteroatoms. The van der Waals surface area contributed by atoms with Gasteiger partial charge in [-0.15, -0.1) is 0 Å². The fourth-order valence-corrected chi connectivity index (χ4v) is 2.05. The molecule has 0 saturated carbocycles. The Morgan fingerprint density at radius 2 is 2.17 bits per heavy atom. The van der Waals surface area contributed by atoms with Crippen molar-refractivity contribution in [2.75, 3.05) is 7.11 Å². The van der Waals surface area contributed by atoms with Crippen LogP contribution in [-0.2, 0) is 6.42 Å². The van der Waals surface area contributed by atoms with Gasteiger partial charge in [0.25, 0.3) is 0 Å². The number of hydrogen-bond acceptors (Lipinski definition) is 3. The summed E-state index contributed by atoms with van der Waals surface area (Å²) >= 11 is 5.20. The Morgan fingerprint density at radius 1 is 1.33 bits per heavy atom. The summed E-state index contributed by atoms with van der Waals surface area (Å²) in [6.07, 6.45) is 2.05. The van der Waals surface area contributed by atoms with Crippen molar-refractivity contribution in [3.63, 3.8) is 0 Å². The molecule has 0 aliphatic carbocycles. The maximum Gasteiger partial charge on any atom is 0.139 e. The quantitative estimate of drug-likeness (QED) is 0.850. The lowest BCUT2D eigenvalue weighted by Crippen LogP contribution is -1.96. The van der Waals surface area contributed by atoms with E-state index in [9.17, 15) is 0 Å². The lowest BCUT2D eigenvalue weighted by atomic mass is 10.2. The zero-order chi connectivity index (χ0) is 13.0. The number of hydrogen-bond donors (Lipinski definition) is 1. The van der Waals surface area contributed by atoms with E-state index in [1.807, 2.05) is 30.3 Å². The van der Waals surface area contributed by atoms with Crippen molar-refractivity contribution >= 4 is 12.2 Å². The maximum atomic E-state index is 5.22. The first-order valence-electron chi connectivity index (χ1n) is 5.97. The minimum absolute atomic E-state index is 0.620. The molecule has 0 aliphatic rings. The molecule has 0 spiro atoms. The van der Waals surface area contributed by atoms with Gasteiger partial charge in [-0.2, -0.15) is 0 Å². The number of ether oxygens (including phenoxy) is 1. The lowest BCUT2D eigenvalue weighted by molar-refractivity contribution is 0.415. The van der Waals surface area contributed by atoms with Gasteiger partial charge in [-0.3, -0.25) is 0 Å². The first-order valence-corrected chi connectivity index (χ1v) is 6.38. The molecule has 1 N–H and O–H groups in total. The van der Waals surface area contributed by atoms with Crippen molar-refractivity contribution in [2.45, 2.75) is 19.8 Å². The van der Waals surface area contributed by atoms with Gasteiger partial charge in [0.2, 0.25) is 0 Å². The van der Waals surface area contributed by atoms with E-state index in [-0.39, 0.29) is 0 Å². The molecule has 94 valence electrons. The van der Waals surface area contributed by atoms with Crippen LogP contribution in [0, 0.1) is 4.64 Å². The van der Waals surface area contributed by atoms with Gasteiger partial charge in [-0.05, 0) is 24.6 Å². The average Bonchev–Trinajstić information content (AvgIpc) is 2.38. The van der Waals surface area contributed by atoms with Gasteiger partial charge >= 0.3 is 0 Å². The van der Waals surface area contributed by atoms with Crippen LogP contribution in [-0.4, -0.2) is 17.1 Å². The molecule has 2 rings (SSSR count). The summed E-state index contributed by atoms with van der Waals surface area (Å²) in [7, 11) is 1.66. The van der Waals surface area contributed by atoms with E-state index in [0.717, 1.165) is 35.7 Å². The fourth-order valence-electron chi connectivity index (χ4n) is 1.82. The Kier molecular flexibility index (Phi) is 4.10. The second-order valence-electron chi connectivity index (χ2n) is 4.08. The summed E-state index contributed by atoms with van der Waals surface area (Å²) in [5.74, 6) is 1.61. The molecule has 0 atom stereocenters. The minimum atomic E-state index is 0.620. The largest absolute Gasteiger partial charge is 0.497 e. The molecule has 0 bridgehead atoms. The molecule has 1 heterocycles. The van der Waals surface area contributed by atoms with Gasteiger partial charge in [0.1, 0.15) is 16.2 Å². The lowest BCUT2D eigenvalue weighted by Gasteiger charge is -2.06. The highest BCUT2D eigenvalue weighted by Crippen LogP contribution is 2.21. The molecule has 0 fully saturated rings. The predicted octanol–water partition coefficient (Wildman–Crippen LogP) is 3.77. The summed E-state index contributed by atoms with van der Waals surface area (Å²) < 4.78 is 5.84. The van der Waals surface area contributed by atoms with Crippen molar-refractivity contribution in [1.82, 2.24) is 9.97 Å². The zero-order valence-electron chi connectivity index (χ0n) is 10.6. The zero-order valence-corrected chi connectivity index (χ0v) is 11.4. The van der Waals surface area contributed by atoms with Crippen LogP contribution in [0.2, 0.25) is 0 Å². The van der Waals surface area contributed by atoms with E-state index < -0.39 is 0 Å². The van der Waals surface area contributed by atoms with E-state index in [1.54, 1.807) is 7.11 Å². The van der Waals surface area contributed by atoms with Gasteiger partial charge in [-0.25, -0.2) is 4.98 Å². The average molecular weight is 260 g/mol. The van der Waals surface area contributed by atoms with Crippen LogP contribution in [0.15, 0.2) is 30.3 Å². The molecule has 0 unspecified atom stereocenters. The molecular formula is C14H16N2OS. The summed E-state index contributed by atoms with van der Waals surface area (Å²) in [5.41, 5.74) is 2.11. The van der Waals surface area contributed by atoms with E-state index in [4.69, 9.17) is 17.0 Å². The summed E-state index contributed by atoms with van der Waals surface area (Å²) in [5, 5.41) is 0. The molecule has 1 aromatic carbocycles.